The fraction of sp³-hybridized carbons (Fsp3) is 0.214. The molecule has 0 spiro atoms. The lowest BCUT2D eigenvalue weighted by atomic mass is 10.3. The summed E-state index contributed by atoms with van der Waals surface area (Å²) in [4.78, 5) is 13.2. The predicted octanol–water partition coefficient (Wildman–Crippen LogP) is 3.14. The van der Waals surface area contributed by atoms with E-state index in [2.05, 4.69) is 19.5 Å². The zero-order valence-corrected chi connectivity index (χ0v) is 11.5. The van der Waals surface area contributed by atoms with Crippen LogP contribution < -0.4 is 0 Å². The zero-order valence-electron chi connectivity index (χ0n) is 10.8. The van der Waals surface area contributed by atoms with Crippen molar-refractivity contribution in [3.63, 3.8) is 0 Å². The molecule has 2 aromatic heterocycles. The van der Waals surface area contributed by atoms with Gasteiger partial charge in [-0.2, -0.15) is 0 Å². The summed E-state index contributed by atoms with van der Waals surface area (Å²) < 4.78 is 2.10. The molecule has 0 saturated heterocycles. The molecule has 0 aliphatic rings. The molecule has 3 rings (SSSR count). The first-order valence-electron chi connectivity index (χ1n) is 6.05. The van der Waals surface area contributed by atoms with Crippen molar-refractivity contribution >= 4 is 22.6 Å². The normalized spacial score (nSPS) is 11.1. The monoisotopic (exact) mass is 272 g/mol. The molecule has 2 heterocycles. The molecule has 96 valence electrons. The average molecular weight is 273 g/mol. The van der Waals surface area contributed by atoms with Gasteiger partial charge in [0.25, 0.3) is 0 Å². The van der Waals surface area contributed by atoms with E-state index in [0.717, 1.165) is 22.6 Å². The number of aromatic nitrogens is 4. The van der Waals surface area contributed by atoms with Crippen LogP contribution in [0.25, 0.3) is 11.0 Å². The number of aryl methyl sites for hydroxylation is 2. The maximum atomic E-state index is 5.97. The first-order valence-corrected chi connectivity index (χ1v) is 6.43. The quantitative estimate of drug-likeness (QED) is 0.673. The van der Waals surface area contributed by atoms with Crippen molar-refractivity contribution < 1.29 is 0 Å². The van der Waals surface area contributed by atoms with E-state index < -0.39 is 0 Å². The van der Waals surface area contributed by atoms with Gasteiger partial charge < -0.3 is 4.57 Å². The van der Waals surface area contributed by atoms with Crippen LogP contribution in [0.3, 0.4) is 0 Å². The molecule has 0 amide bonds. The fourth-order valence-corrected chi connectivity index (χ4v) is 2.45. The van der Waals surface area contributed by atoms with Gasteiger partial charge in [0.1, 0.15) is 16.8 Å². The smallest absolute Gasteiger partial charge is 0.150 e. The number of hydrogen-bond donors (Lipinski definition) is 0. The Morgan fingerprint density at radius 3 is 2.68 bits per heavy atom. The number of rotatable bonds is 2. The highest BCUT2D eigenvalue weighted by Crippen LogP contribution is 2.17. The van der Waals surface area contributed by atoms with Crippen LogP contribution in [0.2, 0.25) is 5.15 Å². The molecule has 0 fully saturated rings. The van der Waals surface area contributed by atoms with Gasteiger partial charge >= 0.3 is 0 Å². The summed E-state index contributed by atoms with van der Waals surface area (Å²) in [5.41, 5.74) is 2.94. The van der Waals surface area contributed by atoms with E-state index in [9.17, 15) is 0 Å². The summed E-state index contributed by atoms with van der Waals surface area (Å²) in [5, 5.41) is 0.476. The summed E-state index contributed by atoms with van der Waals surface area (Å²) in [6.45, 7) is 4.47. The lowest BCUT2D eigenvalue weighted by molar-refractivity contribution is 0.732. The number of imidazole rings is 1. The summed E-state index contributed by atoms with van der Waals surface area (Å²) in [6.07, 6.45) is 0. The van der Waals surface area contributed by atoms with E-state index in [-0.39, 0.29) is 0 Å². The van der Waals surface area contributed by atoms with Gasteiger partial charge in [-0.05, 0) is 32.0 Å². The van der Waals surface area contributed by atoms with E-state index >= 15 is 0 Å². The predicted molar refractivity (Wildman–Crippen MR) is 75.4 cm³/mol. The SMILES string of the molecule is Cc1cc(Cl)nc(Cn2c(C)nc3ccccc32)n1. The summed E-state index contributed by atoms with van der Waals surface area (Å²) >= 11 is 5.97. The third-order valence-corrected chi connectivity index (χ3v) is 3.21. The lowest BCUT2D eigenvalue weighted by Gasteiger charge is -2.06. The highest BCUT2D eigenvalue weighted by Gasteiger charge is 2.09. The van der Waals surface area contributed by atoms with Gasteiger partial charge in [0.2, 0.25) is 0 Å². The molecule has 0 saturated carbocycles. The molecule has 19 heavy (non-hydrogen) atoms. The Kier molecular flexibility index (Phi) is 2.95. The van der Waals surface area contributed by atoms with Gasteiger partial charge in [-0.3, -0.25) is 0 Å². The van der Waals surface area contributed by atoms with Crippen molar-refractivity contribution in [3.8, 4) is 0 Å². The summed E-state index contributed by atoms with van der Waals surface area (Å²) in [7, 11) is 0. The van der Waals surface area contributed by atoms with E-state index in [1.54, 1.807) is 6.07 Å². The molecule has 0 N–H and O–H groups in total. The number of hydrogen-bond acceptors (Lipinski definition) is 3. The van der Waals surface area contributed by atoms with Gasteiger partial charge in [-0.1, -0.05) is 23.7 Å². The molecule has 0 radical (unpaired) electrons. The van der Waals surface area contributed by atoms with E-state index in [1.807, 2.05) is 38.1 Å². The van der Waals surface area contributed by atoms with Crippen LogP contribution in [0, 0.1) is 13.8 Å². The molecule has 0 aliphatic heterocycles. The van der Waals surface area contributed by atoms with Gasteiger partial charge in [0.05, 0.1) is 17.6 Å². The first kappa shape index (κ1) is 12.1. The topological polar surface area (TPSA) is 43.6 Å². The van der Waals surface area contributed by atoms with Crippen LogP contribution in [0.1, 0.15) is 17.3 Å². The van der Waals surface area contributed by atoms with Gasteiger partial charge in [-0.25, -0.2) is 15.0 Å². The highest BCUT2D eigenvalue weighted by atomic mass is 35.5. The van der Waals surface area contributed by atoms with Crippen LogP contribution >= 0.6 is 11.6 Å². The van der Waals surface area contributed by atoms with Crippen molar-refractivity contribution in [2.75, 3.05) is 0 Å². The Morgan fingerprint density at radius 2 is 1.89 bits per heavy atom. The second-order valence-corrected chi connectivity index (χ2v) is 4.87. The van der Waals surface area contributed by atoms with Crippen molar-refractivity contribution in [2.24, 2.45) is 0 Å². The highest BCUT2D eigenvalue weighted by molar-refractivity contribution is 6.29. The molecule has 1 aromatic carbocycles. The van der Waals surface area contributed by atoms with Gasteiger partial charge in [0, 0.05) is 5.69 Å². The van der Waals surface area contributed by atoms with Gasteiger partial charge in [-0.15, -0.1) is 0 Å². The lowest BCUT2D eigenvalue weighted by Crippen LogP contribution is -2.07. The minimum Gasteiger partial charge on any atom is -0.320 e. The molecular weight excluding hydrogens is 260 g/mol. The van der Waals surface area contributed by atoms with Crippen molar-refractivity contribution in [2.45, 2.75) is 20.4 Å². The summed E-state index contributed by atoms with van der Waals surface area (Å²) in [5.74, 6) is 1.65. The Balaban J connectivity index is 2.07. The maximum Gasteiger partial charge on any atom is 0.150 e. The van der Waals surface area contributed by atoms with E-state index in [0.29, 0.717) is 17.5 Å². The Morgan fingerprint density at radius 1 is 1.11 bits per heavy atom. The number of para-hydroxylation sites is 2. The zero-order chi connectivity index (χ0) is 13.4. The van der Waals surface area contributed by atoms with Crippen LogP contribution in [-0.4, -0.2) is 19.5 Å². The molecule has 5 heteroatoms. The van der Waals surface area contributed by atoms with E-state index in [4.69, 9.17) is 11.6 Å². The maximum absolute atomic E-state index is 5.97. The summed E-state index contributed by atoms with van der Waals surface area (Å²) in [6, 6.07) is 9.79. The molecule has 3 aromatic rings. The van der Waals surface area contributed by atoms with Crippen LogP contribution in [-0.2, 0) is 6.54 Å². The van der Waals surface area contributed by atoms with Crippen molar-refractivity contribution in [1.29, 1.82) is 0 Å². The minimum absolute atomic E-state index is 0.476. The Hall–Kier alpha value is -1.94. The number of benzene rings is 1. The molecule has 0 aliphatic carbocycles. The minimum atomic E-state index is 0.476. The van der Waals surface area contributed by atoms with Gasteiger partial charge in [0.15, 0.2) is 0 Å². The van der Waals surface area contributed by atoms with Crippen LogP contribution in [0.4, 0.5) is 0 Å². The van der Waals surface area contributed by atoms with Crippen LogP contribution in [0.15, 0.2) is 30.3 Å². The molecular formula is C14H13ClN4. The Bertz CT molecular complexity index is 728. The third-order valence-electron chi connectivity index (χ3n) is 3.01. The number of halogens is 1. The molecule has 0 bridgehead atoms. The van der Waals surface area contributed by atoms with Crippen molar-refractivity contribution in [1.82, 2.24) is 19.5 Å². The average Bonchev–Trinajstić information content (AvgIpc) is 2.65. The number of nitrogens with zero attached hydrogens (tertiary/aromatic N) is 4. The van der Waals surface area contributed by atoms with E-state index in [1.165, 1.54) is 0 Å². The largest absolute Gasteiger partial charge is 0.320 e. The molecule has 0 unspecified atom stereocenters. The second-order valence-electron chi connectivity index (χ2n) is 4.48. The van der Waals surface area contributed by atoms with Crippen molar-refractivity contribution in [3.05, 3.63) is 52.8 Å². The molecule has 0 atom stereocenters. The van der Waals surface area contributed by atoms with Crippen LogP contribution in [0.5, 0.6) is 0 Å². The molecule has 4 nitrogen and oxygen atoms in total. The number of fused-ring (bicyclic) bond motifs is 1. The third kappa shape index (κ3) is 2.31. The first-order chi connectivity index (χ1) is 9.13. The second kappa shape index (κ2) is 4.63. The Labute approximate surface area is 116 Å². The standard InChI is InChI=1S/C14H13ClN4/c1-9-7-13(15)18-14(16-9)8-19-10(2)17-11-5-3-4-6-12(11)19/h3-7H,8H2,1-2H3. The fourth-order valence-electron chi connectivity index (χ4n) is 2.20.